The second-order valence-corrected chi connectivity index (χ2v) is 6.81. The molecule has 2 fully saturated rings. The Morgan fingerprint density at radius 2 is 1.86 bits per heavy atom. The summed E-state index contributed by atoms with van der Waals surface area (Å²) in [6, 6.07) is 7.50. The van der Waals surface area contributed by atoms with Gasteiger partial charge < -0.3 is 10.0 Å². The highest BCUT2D eigenvalue weighted by Crippen LogP contribution is 2.46. The van der Waals surface area contributed by atoms with Crippen LogP contribution in [0.15, 0.2) is 24.3 Å². The second kappa shape index (κ2) is 5.92. The quantitative estimate of drug-likeness (QED) is 0.930. The molecule has 1 saturated heterocycles. The number of likely N-dealkylation sites (tertiary alicyclic amines) is 1. The van der Waals surface area contributed by atoms with Gasteiger partial charge in [0, 0.05) is 18.1 Å². The minimum Gasteiger partial charge on any atom is -0.481 e. The molecule has 4 nitrogen and oxygen atoms in total. The van der Waals surface area contributed by atoms with Gasteiger partial charge in [-0.25, -0.2) is 0 Å². The van der Waals surface area contributed by atoms with Crippen LogP contribution >= 0.6 is 11.6 Å². The number of carboxylic acids is 1. The van der Waals surface area contributed by atoms with Gasteiger partial charge in [-0.15, -0.1) is 0 Å². The predicted octanol–water partition coefficient (Wildman–Crippen LogP) is 3.08. The summed E-state index contributed by atoms with van der Waals surface area (Å²) in [6.07, 6.45) is 4.13. The van der Waals surface area contributed by atoms with Gasteiger partial charge in [0.05, 0.1) is 11.3 Å². The Bertz CT molecular complexity index is 580. The van der Waals surface area contributed by atoms with Gasteiger partial charge in [0.1, 0.15) is 0 Å². The number of nitrogens with zero attached hydrogens (tertiary/aromatic N) is 1. The number of benzene rings is 1. The first-order chi connectivity index (χ1) is 10.5. The van der Waals surface area contributed by atoms with E-state index in [4.69, 9.17) is 11.6 Å². The van der Waals surface area contributed by atoms with Gasteiger partial charge in [-0.05, 0) is 43.4 Å². The van der Waals surface area contributed by atoms with Gasteiger partial charge in [-0.3, -0.25) is 9.59 Å². The largest absolute Gasteiger partial charge is 0.481 e. The number of halogens is 1. The fourth-order valence-corrected chi connectivity index (χ4v) is 3.72. The second-order valence-electron chi connectivity index (χ2n) is 6.37. The summed E-state index contributed by atoms with van der Waals surface area (Å²) in [5.41, 5.74) is 0.538. The lowest BCUT2D eigenvalue weighted by Crippen LogP contribution is -2.54. The molecule has 0 spiro atoms. The van der Waals surface area contributed by atoms with E-state index in [9.17, 15) is 14.7 Å². The van der Waals surface area contributed by atoms with E-state index in [-0.39, 0.29) is 5.91 Å². The summed E-state index contributed by atoms with van der Waals surface area (Å²) in [6.45, 7) is 1.00. The standard InChI is InChI=1S/C17H20ClNO3/c18-14-6-4-13(5-7-14)17(8-2-9-17)16(22)19-10-1-3-12(11-19)15(20)21/h4-7,12H,1-3,8-11H2,(H,20,21). The van der Waals surface area contributed by atoms with Gasteiger partial charge in [-0.2, -0.15) is 0 Å². The van der Waals surface area contributed by atoms with Crippen LogP contribution in [-0.4, -0.2) is 35.0 Å². The zero-order valence-corrected chi connectivity index (χ0v) is 13.2. The maximum Gasteiger partial charge on any atom is 0.308 e. The van der Waals surface area contributed by atoms with Crippen molar-refractivity contribution in [1.29, 1.82) is 0 Å². The molecule has 0 radical (unpaired) electrons. The first kappa shape index (κ1) is 15.3. The number of aliphatic carboxylic acids is 1. The van der Waals surface area contributed by atoms with Crippen molar-refractivity contribution in [3.63, 3.8) is 0 Å². The van der Waals surface area contributed by atoms with E-state index in [2.05, 4.69) is 0 Å². The van der Waals surface area contributed by atoms with Crippen LogP contribution in [-0.2, 0) is 15.0 Å². The molecule has 0 aromatic heterocycles. The first-order valence-electron chi connectivity index (χ1n) is 7.81. The number of carbonyl (C=O) groups is 2. The van der Waals surface area contributed by atoms with Crippen LogP contribution in [0.4, 0.5) is 0 Å². The summed E-state index contributed by atoms with van der Waals surface area (Å²) >= 11 is 5.94. The molecular weight excluding hydrogens is 302 g/mol. The molecule has 1 N–H and O–H groups in total. The Hall–Kier alpha value is -1.55. The van der Waals surface area contributed by atoms with E-state index in [1.165, 1.54) is 0 Å². The number of carboxylic acid groups (broad SMARTS) is 1. The Labute approximate surface area is 135 Å². The summed E-state index contributed by atoms with van der Waals surface area (Å²) in [5, 5.41) is 9.87. The molecule has 1 atom stereocenters. The van der Waals surface area contributed by atoms with Gasteiger partial charge in [-0.1, -0.05) is 30.2 Å². The molecule has 1 saturated carbocycles. The third kappa shape index (κ3) is 2.60. The highest BCUT2D eigenvalue weighted by molar-refractivity contribution is 6.30. The van der Waals surface area contributed by atoms with Crippen molar-refractivity contribution in [3.8, 4) is 0 Å². The zero-order chi connectivity index (χ0) is 15.7. The molecule has 2 aliphatic rings. The Morgan fingerprint density at radius 3 is 2.41 bits per heavy atom. The van der Waals surface area contributed by atoms with Crippen LogP contribution in [0.25, 0.3) is 0 Å². The zero-order valence-electron chi connectivity index (χ0n) is 12.4. The molecule has 3 rings (SSSR count). The van der Waals surface area contributed by atoms with Gasteiger partial charge in [0.2, 0.25) is 5.91 Å². The maximum absolute atomic E-state index is 13.1. The fraction of sp³-hybridized carbons (Fsp3) is 0.529. The minimum atomic E-state index is -0.799. The van der Waals surface area contributed by atoms with Crippen LogP contribution in [0.3, 0.4) is 0 Å². The Balaban J connectivity index is 1.82. The van der Waals surface area contributed by atoms with Crippen molar-refractivity contribution >= 4 is 23.5 Å². The van der Waals surface area contributed by atoms with Crippen molar-refractivity contribution in [2.75, 3.05) is 13.1 Å². The molecule has 1 aliphatic heterocycles. The summed E-state index contributed by atoms with van der Waals surface area (Å²) in [4.78, 5) is 26.0. The van der Waals surface area contributed by atoms with E-state index in [0.717, 1.165) is 31.2 Å². The molecule has 1 aromatic rings. The van der Waals surface area contributed by atoms with Crippen LogP contribution in [0.5, 0.6) is 0 Å². The Morgan fingerprint density at radius 1 is 1.18 bits per heavy atom. The fourth-order valence-electron chi connectivity index (χ4n) is 3.59. The topological polar surface area (TPSA) is 57.6 Å². The number of amides is 1. The van der Waals surface area contributed by atoms with Gasteiger partial charge in [0.15, 0.2) is 0 Å². The molecule has 22 heavy (non-hydrogen) atoms. The van der Waals surface area contributed by atoms with E-state index in [1.54, 1.807) is 4.90 Å². The van der Waals surface area contributed by atoms with Crippen LogP contribution in [0.2, 0.25) is 5.02 Å². The molecular formula is C17H20ClNO3. The van der Waals surface area contributed by atoms with Crippen molar-refractivity contribution in [3.05, 3.63) is 34.9 Å². The molecule has 118 valence electrons. The van der Waals surface area contributed by atoms with E-state index in [0.29, 0.717) is 24.5 Å². The van der Waals surface area contributed by atoms with Gasteiger partial charge >= 0.3 is 5.97 Å². The highest BCUT2D eigenvalue weighted by atomic mass is 35.5. The van der Waals surface area contributed by atoms with Crippen LogP contribution in [0, 0.1) is 5.92 Å². The molecule has 1 heterocycles. The third-order valence-electron chi connectivity index (χ3n) is 5.07. The van der Waals surface area contributed by atoms with Crippen molar-refractivity contribution in [1.82, 2.24) is 4.90 Å². The van der Waals surface area contributed by atoms with Crippen molar-refractivity contribution in [2.45, 2.75) is 37.5 Å². The number of hydrogen-bond acceptors (Lipinski definition) is 2. The lowest BCUT2D eigenvalue weighted by Gasteiger charge is -2.45. The summed E-state index contributed by atoms with van der Waals surface area (Å²) in [7, 11) is 0. The molecule has 1 unspecified atom stereocenters. The smallest absolute Gasteiger partial charge is 0.308 e. The average molecular weight is 322 g/mol. The molecule has 1 aromatic carbocycles. The van der Waals surface area contributed by atoms with Crippen molar-refractivity contribution in [2.24, 2.45) is 5.92 Å². The lowest BCUT2D eigenvalue weighted by molar-refractivity contribution is -0.149. The third-order valence-corrected chi connectivity index (χ3v) is 5.32. The highest BCUT2D eigenvalue weighted by Gasteiger charge is 2.48. The van der Waals surface area contributed by atoms with Crippen molar-refractivity contribution < 1.29 is 14.7 Å². The number of hydrogen-bond donors (Lipinski definition) is 1. The van der Waals surface area contributed by atoms with Crippen LogP contribution in [0.1, 0.15) is 37.7 Å². The summed E-state index contributed by atoms with van der Waals surface area (Å²) in [5.74, 6) is -1.14. The molecule has 1 amide bonds. The lowest BCUT2D eigenvalue weighted by atomic mass is 9.63. The Kier molecular flexibility index (Phi) is 4.13. The molecule has 5 heteroatoms. The molecule has 0 bridgehead atoms. The first-order valence-corrected chi connectivity index (χ1v) is 8.19. The van der Waals surface area contributed by atoms with E-state index >= 15 is 0 Å². The minimum absolute atomic E-state index is 0.0898. The normalized spacial score (nSPS) is 23.7. The SMILES string of the molecule is O=C(O)C1CCCN(C(=O)C2(c3ccc(Cl)cc3)CCC2)C1. The number of carbonyl (C=O) groups excluding carboxylic acids is 1. The number of piperidine rings is 1. The predicted molar refractivity (Wildman–Crippen MR) is 83.9 cm³/mol. The monoisotopic (exact) mass is 321 g/mol. The average Bonchev–Trinajstić information content (AvgIpc) is 2.48. The van der Waals surface area contributed by atoms with E-state index < -0.39 is 17.3 Å². The molecule has 1 aliphatic carbocycles. The number of rotatable bonds is 3. The summed E-state index contributed by atoms with van der Waals surface area (Å²) < 4.78 is 0. The maximum atomic E-state index is 13.1. The van der Waals surface area contributed by atoms with Gasteiger partial charge in [0.25, 0.3) is 0 Å². The van der Waals surface area contributed by atoms with E-state index in [1.807, 2.05) is 24.3 Å². The van der Waals surface area contributed by atoms with Crippen LogP contribution < -0.4 is 0 Å².